The van der Waals surface area contributed by atoms with Gasteiger partial charge in [-0.1, -0.05) is 0 Å². The molecule has 7 nitrogen and oxygen atoms in total. The number of benzene rings is 1. The van der Waals surface area contributed by atoms with E-state index in [1.807, 2.05) is 13.0 Å². The zero-order valence-electron chi connectivity index (χ0n) is 13.1. The standard InChI is InChI=1S/C16H16N2O5/c1-4-20-11-5-6-13-12(7-11)9(2)15(23-13)16(19)21-8-14-18-17-10(3)22-14/h5-7H,4,8H2,1-3H3. The second-order valence-electron chi connectivity index (χ2n) is 4.94. The van der Waals surface area contributed by atoms with E-state index in [0.717, 1.165) is 11.1 Å². The minimum absolute atomic E-state index is 0.0969. The van der Waals surface area contributed by atoms with Crippen molar-refractivity contribution in [3.05, 3.63) is 41.3 Å². The van der Waals surface area contributed by atoms with Gasteiger partial charge < -0.3 is 18.3 Å². The van der Waals surface area contributed by atoms with E-state index < -0.39 is 5.97 Å². The van der Waals surface area contributed by atoms with Crippen molar-refractivity contribution >= 4 is 16.9 Å². The maximum atomic E-state index is 12.2. The van der Waals surface area contributed by atoms with Crippen LogP contribution in [0.2, 0.25) is 0 Å². The van der Waals surface area contributed by atoms with Crippen LogP contribution in [0.5, 0.6) is 5.75 Å². The van der Waals surface area contributed by atoms with Gasteiger partial charge in [-0.3, -0.25) is 0 Å². The highest BCUT2D eigenvalue weighted by Crippen LogP contribution is 2.29. The van der Waals surface area contributed by atoms with Crippen LogP contribution in [0.25, 0.3) is 11.0 Å². The Bertz CT molecular complexity index is 849. The van der Waals surface area contributed by atoms with Crippen LogP contribution in [0.4, 0.5) is 0 Å². The predicted octanol–water partition coefficient (Wildman–Crippen LogP) is 3.19. The first kappa shape index (κ1) is 15.1. The van der Waals surface area contributed by atoms with Crippen LogP contribution >= 0.6 is 0 Å². The molecule has 1 aromatic carbocycles. The van der Waals surface area contributed by atoms with Gasteiger partial charge >= 0.3 is 5.97 Å². The zero-order chi connectivity index (χ0) is 16.4. The second-order valence-corrected chi connectivity index (χ2v) is 4.94. The summed E-state index contributed by atoms with van der Waals surface area (Å²) in [6, 6.07) is 5.41. The molecule has 120 valence electrons. The molecule has 0 unspecified atom stereocenters. The van der Waals surface area contributed by atoms with E-state index in [0.29, 0.717) is 23.6 Å². The van der Waals surface area contributed by atoms with Crippen molar-refractivity contribution in [3.8, 4) is 5.75 Å². The number of aromatic nitrogens is 2. The van der Waals surface area contributed by atoms with E-state index in [1.165, 1.54) is 0 Å². The molecule has 0 radical (unpaired) electrons. The number of hydrogen-bond acceptors (Lipinski definition) is 7. The number of fused-ring (bicyclic) bond motifs is 1. The van der Waals surface area contributed by atoms with Crippen molar-refractivity contribution in [3.63, 3.8) is 0 Å². The molecule has 0 N–H and O–H groups in total. The smallest absolute Gasteiger partial charge is 0.375 e. The summed E-state index contributed by atoms with van der Waals surface area (Å²) >= 11 is 0. The maximum Gasteiger partial charge on any atom is 0.375 e. The Kier molecular flexibility index (Phi) is 4.01. The van der Waals surface area contributed by atoms with E-state index >= 15 is 0 Å². The van der Waals surface area contributed by atoms with Crippen LogP contribution in [0, 0.1) is 13.8 Å². The Morgan fingerprint density at radius 2 is 2.04 bits per heavy atom. The quantitative estimate of drug-likeness (QED) is 0.668. The van der Waals surface area contributed by atoms with Gasteiger partial charge in [-0.25, -0.2) is 4.79 Å². The molecule has 0 bridgehead atoms. The van der Waals surface area contributed by atoms with Gasteiger partial charge in [0, 0.05) is 17.9 Å². The number of esters is 1. The Morgan fingerprint density at radius 1 is 1.22 bits per heavy atom. The number of carbonyl (C=O) groups excluding carboxylic acids is 1. The number of aryl methyl sites for hydroxylation is 2. The lowest BCUT2D eigenvalue weighted by Gasteiger charge is -2.01. The molecule has 0 saturated heterocycles. The van der Waals surface area contributed by atoms with Crippen molar-refractivity contribution in [2.24, 2.45) is 0 Å². The number of furan rings is 1. The monoisotopic (exact) mass is 316 g/mol. The van der Waals surface area contributed by atoms with Crippen LogP contribution in [0.3, 0.4) is 0 Å². The SMILES string of the molecule is CCOc1ccc2oc(C(=O)OCc3nnc(C)o3)c(C)c2c1. The van der Waals surface area contributed by atoms with Crippen molar-refractivity contribution in [1.29, 1.82) is 0 Å². The molecule has 0 amide bonds. The Hall–Kier alpha value is -2.83. The first-order valence-corrected chi connectivity index (χ1v) is 7.20. The lowest BCUT2D eigenvalue weighted by molar-refractivity contribution is 0.0402. The molecule has 0 spiro atoms. The van der Waals surface area contributed by atoms with Crippen LogP contribution in [-0.4, -0.2) is 22.8 Å². The fraction of sp³-hybridized carbons (Fsp3) is 0.312. The molecule has 2 heterocycles. The Labute approximate surface area is 132 Å². The Morgan fingerprint density at radius 3 is 2.74 bits per heavy atom. The molecule has 3 rings (SSSR count). The summed E-state index contributed by atoms with van der Waals surface area (Å²) in [6.07, 6.45) is 0. The minimum Gasteiger partial charge on any atom is -0.494 e. The average Bonchev–Trinajstić information content (AvgIpc) is 3.09. The molecule has 7 heteroatoms. The summed E-state index contributed by atoms with van der Waals surface area (Å²) < 4.78 is 21.4. The Balaban J connectivity index is 1.81. The number of hydrogen-bond donors (Lipinski definition) is 0. The lowest BCUT2D eigenvalue weighted by atomic mass is 10.1. The summed E-state index contributed by atoms with van der Waals surface area (Å²) in [5.74, 6) is 0.963. The highest BCUT2D eigenvalue weighted by Gasteiger charge is 2.20. The summed E-state index contributed by atoms with van der Waals surface area (Å²) in [5.41, 5.74) is 1.31. The highest BCUT2D eigenvalue weighted by molar-refractivity contribution is 5.96. The summed E-state index contributed by atoms with van der Waals surface area (Å²) in [4.78, 5) is 12.2. The zero-order valence-corrected chi connectivity index (χ0v) is 13.1. The number of rotatable bonds is 5. The minimum atomic E-state index is -0.576. The second kappa shape index (κ2) is 6.12. The molecule has 0 aliphatic rings. The molecular weight excluding hydrogens is 300 g/mol. The number of ether oxygens (including phenoxy) is 2. The van der Waals surface area contributed by atoms with Gasteiger partial charge in [0.25, 0.3) is 5.89 Å². The molecule has 0 aliphatic carbocycles. The molecule has 2 aromatic heterocycles. The largest absolute Gasteiger partial charge is 0.494 e. The summed E-state index contributed by atoms with van der Waals surface area (Å²) in [5, 5.41) is 8.26. The molecule has 3 aromatic rings. The first-order valence-electron chi connectivity index (χ1n) is 7.20. The maximum absolute atomic E-state index is 12.2. The van der Waals surface area contributed by atoms with Crippen molar-refractivity contribution in [2.75, 3.05) is 6.61 Å². The first-order chi connectivity index (χ1) is 11.1. The third-order valence-corrected chi connectivity index (χ3v) is 3.30. The molecular formula is C16H16N2O5. The number of nitrogens with zero attached hydrogens (tertiary/aromatic N) is 2. The molecule has 0 fully saturated rings. The van der Waals surface area contributed by atoms with Crippen LogP contribution < -0.4 is 4.74 Å². The summed E-state index contributed by atoms with van der Waals surface area (Å²) in [6.45, 7) is 5.85. The van der Waals surface area contributed by atoms with Crippen LogP contribution in [0.1, 0.15) is 34.8 Å². The van der Waals surface area contributed by atoms with E-state index in [-0.39, 0.29) is 18.3 Å². The van der Waals surface area contributed by atoms with Gasteiger partial charge in [0.05, 0.1) is 6.61 Å². The van der Waals surface area contributed by atoms with E-state index in [2.05, 4.69) is 10.2 Å². The van der Waals surface area contributed by atoms with Crippen LogP contribution in [-0.2, 0) is 11.3 Å². The molecule has 0 saturated carbocycles. The lowest BCUT2D eigenvalue weighted by Crippen LogP contribution is -2.05. The normalized spacial score (nSPS) is 10.9. The van der Waals surface area contributed by atoms with E-state index in [1.54, 1.807) is 26.0 Å². The van der Waals surface area contributed by atoms with Crippen molar-refractivity contribution < 1.29 is 23.1 Å². The van der Waals surface area contributed by atoms with Gasteiger partial charge in [-0.15, -0.1) is 10.2 Å². The van der Waals surface area contributed by atoms with E-state index in [4.69, 9.17) is 18.3 Å². The molecule has 23 heavy (non-hydrogen) atoms. The highest BCUT2D eigenvalue weighted by atomic mass is 16.6. The van der Waals surface area contributed by atoms with Gasteiger partial charge in [0.1, 0.15) is 11.3 Å². The fourth-order valence-corrected chi connectivity index (χ4v) is 2.24. The van der Waals surface area contributed by atoms with Crippen molar-refractivity contribution in [2.45, 2.75) is 27.4 Å². The van der Waals surface area contributed by atoms with E-state index in [9.17, 15) is 4.79 Å². The van der Waals surface area contributed by atoms with Gasteiger partial charge in [0.2, 0.25) is 11.7 Å². The average molecular weight is 316 g/mol. The molecule has 0 atom stereocenters. The third kappa shape index (κ3) is 3.03. The van der Waals surface area contributed by atoms with Gasteiger partial charge in [-0.05, 0) is 32.0 Å². The van der Waals surface area contributed by atoms with Crippen molar-refractivity contribution in [1.82, 2.24) is 10.2 Å². The topological polar surface area (TPSA) is 87.6 Å². The van der Waals surface area contributed by atoms with Gasteiger partial charge in [0.15, 0.2) is 6.61 Å². The predicted molar refractivity (Wildman–Crippen MR) is 80.3 cm³/mol. The number of carbonyl (C=O) groups is 1. The summed E-state index contributed by atoms with van der Waals surface area (Å²) in [7, 11) is 0. The van der Waals surface area contributed by atoms with Crippen LogP contribution in [0.15, 0.2) is 27.0 Å². The third-order valence-electron chi connectivity index (χ3n) is 3.30. The van der Waals surface area contributed by atoms with Gasteiger partial charge in [-0.2, -0.15) is 0 Å². The molecule has 0 aliphatic heterocycles. The fourth-order valence-electron chi connectivity index (χ4n) is 2.24.